The lowest BCUT2D eigenvalue weighted by Crippen LogP contribution is -1.91. The van der Waals surface area contributed by atoms with Gasteiger partial charge in [0, 0.05) is 29.5 Å². The van der Waals surface area contributed by atoms with Gasteiger partial charge in [0.1, 0.15) is 17.1 Å². The number of pyridine rings is 2. The topological polar surface area (TPSA) is 57.4 Å². The van der Waals surface area contributed by atoms with E-state index < -0.39 is 0 Å². The summed E-state index contributed by atoms with van der Waals surface area (Å²) < 4.78 is 17.0. The van der Waals surface area contributed by atoms with Crippen molar-refractivity contribution in [2.75, 3.05) is 7.11 Å². The number of fused-ring (bicyclic) bond motifs is 2. The van der Waals surface area contributed by atoms with Gasteiger partial charge in [0.2, 0.25) is 5.88 Å². The van der Waals surface area contributed by atoms with E-state index in [1.807, 2.05) is 60.8 Å². The fraction of sp³-hybridized carbons (Fsp3) is 0.0435. The van der Waals surface area contributed by atoms with Gasteiger partial charge in [0.05, 0.1) is 18.8 Å². The van der Waals surface area contributed by atoms with Crippen LogP contribution in [0.25, 0.3) is 32.9 Å². The minimum Gasteiger partial charge on any atom is -0.496 e. The molecule has 5 aromatic rings. The maximum Gasteiger partial charge on any atom is 0.230 e. The van der Waals surface area contributed by atoms with E-state index in [1.54, 1.807) is 25.8 Å². The second-order valence-electron chi connectivity index (χ2n) is 6.31. The molecule has 0 fully saturated rings. The zero-order valence-electron chi connectivity index (χ0n) is 15.1. The van der Waals surface area contributed by atoms with Crippen LogP contribution in [0.2, 0.25) is 0 Å². The van der Waals surface area contributed by atoms with E-state index in [4.69, 9.17) is 13.9 Å². The van der Waals surface area contributed by atoms with Gasteiger partial charge in [-0.3, -0.25) is 4.98 Å². The van der Waals surface area contributed by atoms with Crippen molar-refractivity contribution in [2.24, 2.45) is 0 Å². The summed E-state index contributed by atoms with van der Waals surface area (Å²) in [5.41, 5.74) is 2.82. The number of ether oxygens (including phenoxy) is 2. The Kier molecular flexibility index (Phi) is 3.91. The van der Waals surface area contributed by atoms with Gasteiger partial charge >= 0.3 is 0 Å². The van der Waals surface area contributed by atoms with E-state index in [1.165, 1.54) is 0 Å². The van der Waals surface area contributed by atoms with Gasteiger partial charge in [-0.05, 0) is 53.4 Å². The molecule has 0 aliphatic heterocycles. The molecule has 136 valence electrons. The molecule has 0 unspecified atom stereocenters. The molecule has 0 bridgehead atoms. The third kappa shape index (κ3) is 2.74. The van der Waals surface area contributed by atoms with Crippen molar-refractivity contribution in [3.05, 3.63) is 79.5 Å². The van der Waals surface area contributed by atoms with Crippen LogP contribution in [0, 0.1) is 0 Å². The lowest BCUT2D eigenvalue weighted by atomic mass is 9.98. The molecule has 0 amide bonds. The lowest BCUT2D eigenvalue weighted by Gasteiger charge is -2.13. The highest BCUT2D eigenvalue weighted by Crippen LogP contribution is 2.38. The number of methoxy groups -OCH3 is 1. The van der Waals surface area contributed by atoms with Crippen molar-refractivity contribution in [1.82, 2.24) is 9.97 Å². The average Bonchev–Trinajstić information content (AvgIpc) is 3.23. The van der Waals surface area contributed by atoms with Crippen molar-refractivity contribution in [3.8, 4) is 28.5 Å². The van der Waals surface area contributed by atoms with E-state index in [0.717, 1.165) is 38.6 Å². The molecule has 3 heterocycles. The predicted molar refractivity (Wildman–Crippen MR) is 108 cm³/mol. The van der Waals surface area contributed by atoms with Crippen LogP contribution in [0.5, 0.6) is 17.4 Å². The molecule has 0 aliphatic carbocycles. The first-order chi connectivity index (χ1) is 13.8. The molecule has 0 N–H and O–H groups in total. The SMILES string of the molecule is COc1ccc2cnccc2c1-c1ccc(Oc2nccc3occc23)cc1. The van der Waals surface area contributed by atoms with Crippen molar-refractivity contribution in [2.45, 2.75) is 0 Å². The van der Waals surface area contributed by atoms with Gasteiger partial charge in [-0.2, -0.15) is 0 Å². The normalized spacial score (nSPS) is 11.0. The minimum absolute atomic E-state index is 0.521. The maximum atomic E-state index is 5.97. The molecule has 0 spiro atoms. The molecule has 5 rings (SSSR count). The summed E-state index contributed by atoms with van der Waals surface area (Å²) in [6.07, 6.45) is 6.95. The fourth-order valence-corrected chi connectivity index (χ4v) is 3.37. The average molecular weight is 368 g/mol. The second-order valence-corrected chi connectivity index (χ2v) is 6.31. The Morgan fingerprint density at radius 1 is 0.857 bits per heavy atom. The second kappa shape index (κ2) is 6.70. The van der Waals surface area contributed by atoms with Crippen LogP contribution in [-0.4, -0.2) is 17.1 Å². The van der Waals surface area contributed by atoms with Crippen LogP contribution in [0.3, 0.4) is 0 Å². The molecule has 0 aliphatic rings. The third-order valence-corrected chi connectivity index (χ3v) is 4.70. The van der Waals surface area contributed by atoms with Crippen molar-refractivity contribution >= 4 is 21.7 Å². The van der Waals surface area contributed by atoms with Crippen LogP contribution >= 0.6 is 0 Å². The summed E-state index contributed by atoms with van der Waals surface area (Å²) in [5.74, 6) is 2.04. The molecule has 28 heavy (non-hydrogen) atoms. The highest BCUT2D eigenvalue weighted by Gasteiger charge is 2.12. The van der Waals surface area contributed by atoms with Gasteiger partial charge < -0.3 is 13.9 Å². The molecular formula is C23H16N2O3. The number of nitrogens with zero attached hydrogens (tertiary/aromatic N) is 2. The first-order valence-corrected chi connectivity index (χ1v) is 8.85. The zero-order valence-corrected chi connectivity index (χ0v) is 15.1. The number of hydrogen-bond acceptors (Lipinski definition) is 5. The molecule has 3 aromatic heterocycles. The van der Waals surface area contributed by atoms with Crippen LogP contribution in [-0.2, 0) is 0 Å². The Morgan fingerprint density at radius 3 is 2.61 bits per heavy atom. The predicted octanol–water partition coefficient (Wildman–Crippen LogP) is 5.84. The molecule has 0 radical (unpaired) electrons. The van der Waals surface area contributed by atoms with E-state index >= 15 is 0 Å². The molecule has 0 atom stereocenters. The summed E-state index contributed by atoms with van der Waals surface area (Å²) >= 11 is 0. The number of rotatable bonds is 4. The van der Waals surface area contributed by atoms with Gasteiger partial charge in [0.25, 0.3) is 0 Å². The molecule has 0 saturated heterocycles. The number of benzene rings is 2. The van der Waals surface area contributed by atoms with Gasteiger partial charge in [-0.1, -0.05) is 12.1 Å². The monoisotopic (exact) mass is 368 g/mol. The standard InChI is InChI=1S/C23H16N2O3/c1-26-21-7-4-16-14-24-11-8-18(16)22(21)15-2-5-17(6-3-15)28-23-19-10-13-27-20(19)9-12-25-23/h2-14H,1H3. The molecule has 0 saturated carbocycles. The van der Waals surface area contributed by atoms with Gasteiger partial charge in [-0.25, -0.2) is 4.98 Å². The van der Waals surface area contributed by atoms with Crippen molar-refractivity contribution in [1.29, 1.82) is 0 Å². The lowest BCUT2D eigenvalue weighted by molar-refractivity contribution is 0.417. The Balaban J connectivity index is 1.54. The summed E-state index contributed by atoms with van der Waals surface area (Å²) in [4.78, 5) is 8.52. The third-order valence-electron chi connectivity index (χ3n) is 4.70. The van der Waals surface area contributed by atoms with E-state index in [0.29, 0.717) is 11.6 Å². The quantitative estimate of drug-likeness (QED) is 0.399. The molecule has 5 nitrogen and oxygen atoms in total. The Bertz CT molecular complexity index is 1280. The number of hydrogen-bond donors (Lipinski definition) is 0. The van der Waals surface area contributed by atoms with Crippen molar-refractivity contribution < 1.29 is 13.9 Å². The Morgan fingerprint density at radius 2 is 1.75 bits per heavy atom. The Hall–Kier alpha value is -3.86. The van der Waals surface area contributed by atoms with E-state index in [2.05, 4.69) is 9.97 Å². The molecule has 2 aromatic carbocycles. The summed E-state index contributed by atoms with van der Waals surface area (Å²) in [7, 11) is 1.68. The summed E-state index contributed by atoms with van der Waals surface area (Å²) in [5, 5.41) is 3.00. The first kappa shape index (κ1) is 16.3. The maximum absolute atomic E-state index is 5.97. The highest BCUT2D eigenvalue weighted by atomic mass is 16.5. The molecule has 5 heteroatoms. The van der Waals surface area contributed by atoms with Gasteiger partial charge in [0.15, 0.2) is 0 Å². The highest BCUT2D eigenvalue weighted by molar-refractivity contribution is 5.99. The summed E-state index contributed by atoms with van der Waals surface area (Å²) in [6.45, 7) is 0. The fourth-order valence-electron chi connectivity index (χ4n) is 3.37. The van der Waals surface area contributed by atoms with Crippen LogP contribution in [0.4, 0.5) is 0 Å². The smallest absolute Gasteiger partial charge is 0.230 e. The number of furan rings is 1. The van der Waals surface area contributed by atoms with Crippen LogP contribution in [0.15, 0.2) is 83.9 Å². The number of aromatic nitrogens is 2. The minimum atomic E-state index is 0.521. The van der Waals surface area contributed by atoms with Crippen LogP contribution in [0.1, 0.15) is 0 Å². The Labute approximate surface area is 161 Å². The summed E-state index contributed by atoms with van der Waals surface area (Å²) in [6, 6.07) is 17.5. The van der Waals surface area contributed by atoms with E-state index in [-0.39, 0.29) is 0 Å². The van der Waals surface area contributed by atoms with Gasteiger partial charge in [-0.15, -0.1) is 0 Å². The van der Waals surface area contributed by atoms with Crippen molar-refractivity contribution in [3.63, 3.8) is 0 Å². The first-order valence-electron chi connectivity index (χ1n) is 8.85. The molecular weight excluding hydrogens is 352 g/mol. The van der Waals surface area contributed by atoms with E-state index in [9.17, 15) is 0 Å². The largest absolute Gasteiger partial charge is 0.496 e. The van der Waals surface area contributed by atoms with Crippen LogP contribution < -0.4 is 9.47 Å². The zero-order chi connectivity index (χ0) is 18.9.